The SMILES string of the molecule is O=C(Cc1cc(Cl)c2c(c1)OCCCO2)Nc1ccc(Cl)c(C(=O)NC2CCCCC2)c1. The van der Waals surface area contributed by atoms with Crippen LogP contribution in [0.25, 0.3) is 0 Å². The number of benzene rings is 2. The number of nitrogens with one attached hydrogen (secondary N) is 2. The van der Waals surface area contributed by atoms with E-state index in [1.807, 2.05) is 0 Å². The number of hydrogen-bond acceptors (Lipinski definition) is 4. The topological polar surface area (TPSA) is 76.7 Å². The lowest BCUT2D eigenvalue weighted by molar-refractivity contribution is -0.115. The highest BCUT2D eigenvalue weighted by Crippen LogP contribution is 2.38. The molecule has 8 heteroatoms. The summed E-state index contributed by atoms with van der Waals surface area (Å²) in [4.78, 5) is 25.4. The number of hydrogen-bond donors (Lipinski definition) is 2. The van der Waals surface area contributed by atoms with Crippen LogP contribution in [0.3, 0.4) is 0 Å². The van der Waals surface area contributed by atoms with E-state index >= 15 is 0 Å². The summed E-state index contributed by atoms with van der Waals surface area (Å²) in [6, 6.07) is 8.57. The largest absolute Gasteiger partial charge is 0.489 e. The molecule has 2 aliphatic rings. The summed E-state index contributed by atoms with van der Waals surface area (Å²) in [6.45, 7) is 1.08. The Bertz CT molecular complexity index is 1010. The Morgan fingerprint density at radius 1 is 0.938 bits per heavy atom. The molecular formula is C24H26Cl2N2O4. The highest BCUT2D eigenvalue weighted by Gasteiger charge is 2.20. The molecule has 1 fully saturated rings. The average Bonchev–Trinajstić information content (AvgIpc) is 3.01. The van der Waals surface area contributed by atoms with Gasteiger partial charge < -0.3 is 20.1 Å². The maximum atomic E-state index is 12.7. The van der Waals surface area contributed by atoms with Gasteiger partial charge in [0.05, 0.1) is 35.2 Å². The van der Waals surface area contributed by atoms with Gasteiger partial charge in [-0.05, 0) is 48.7 Å². The lowest BCUT2D eigenvalue weighted by Crippen LogP contribution is -2.36. The molecule has 0 unspecified atom stereocenters. The zero-order valence-corrected chi connectivity index (χ0v) is 19.2. The van der Waals surface area contributed by atoms with Gasteiger partial charge in [0.2, 0.25) is 5.91 Å². The van der Waals surface area contributed by atoms with Crippen molar-refractivity contribution in [2.75, 3.05) is 18.5 Å². The van der Waals surface area contributed by atoms with Crippen molar-refractivity contribution < 1.29 is 19.1 Å². The van der Waals surface area contributed by atoms with Crippen molar-refractivity contribution in [3.05, 3.63) is 51.5 Å². The van der Waals surface area contributed by atoms with Crippen molar-refractivity contribution in [3.8, 4) is 11.5 Å². The van der Waals surface area contributed by atoms with E-state index in [-0.39, 0.29) is 24.3 Å². The molecule has 6 nitrogen and oxygen atoms in total. The zero-order valence-electron chi connectivity index (χ0n) is 17.7. The van der Waals surface area contributed by atoms with Crippen LogP contribution in [0.15, 0.2) is 30.3 Å². The van der Waals surface area contributed by atoms with Crippen molar-refractivity contribution in [2.45, 2.75) is 51.0 Å². The van der Waals surface area contributed by atoms with Gasteiger partial charge in [-0.15, -0.1) is 0 Å². The van der Waals surface area contributed by atoms with Crippen LogP contribution in [-0.2, 0) is 11.2 Å². The minimum Gasteiger partial charge on any atom is -0.489 e. The average molecular weight is 477 g/mol. The smallest absolute Gasteiger partial charge is 0.253 e. The quantitative estimate of drug-likeness (QED) is 0.605. The number of ether oxygens (including phenoxy) is 2. The van der Waals surface area contributed by atoms with Crippen LogP contribution in [0.1, 0.15) is 54.4 Å². The molecule has 4 rings (SSSR count). The zero-order chi connectivity index (χ0) is 22.5. The fraction of sp³-hybridized carbons (Fsp3) is 0.417. The fourth-order valence-corrected chi connectivity index (χ4v) is 4.56. The Morgan fingerprint density at radius 3 is 2.53 bits per heavy atom. The normalized spacial score (nSPS) is 16.2. The Balaban J connectivity index is 1.42. The van der Waals surface area contributed by atoms with Crippen LogP contribution in [0.5, 0.6) is 11.5 Å². The summed E-state index contributed by atoms with van der Waals surface area (Å²) < 4.78 is 11.3. The van der Waals surface area contributed by atoms with Crippen LogP contribution in [-0.4, -0.2) is 31.1 Å². The number of rotatable bonds is 5. The molecule has 32 heavy (non-hydrogen) atoms. The van der Waals surface area contributed by atoms with E-state index in [0.717, 1.165) is 32.1 Å². The molecule has 1 aliphatic carbocycles. The predicted octanol–water partition coefficient (Wildman–Crippen LogP) is 5.40. The Kier molecular flexibility index (Phi) is 7.43. The third-order valence-corrected chi connectivity index (χ3v) is 6.27. The molecule has 2 aromatic rings. The lowest BCUT2D eigenvalue weighted by Gasteiger charge is -2.23. The summed E-state index contributed by atoms with van der Waals surface area (Å²) in [5.74, 6) is 0.606. The summed E-state index contributed by atoms with van der Waals surface area (Å²) in [5, 5.41) is 6.67. The van der Waals surface area contributed by atoms with E-state index in [1.54, 1.807) is 30.3 Å². The van der Waals surface area contributed by atoms with Crippen molar-refractivity contribution in [1.82, 2.24) is 5.32 Å². The number of carbonyl (C=O) groups is 2. The van der Waals surface area contributed by atoms with Gasteiger partial charge in [0, 0.05) is 18.2 Å². The van der Waals surface area contributed by atoms with Gasteiger partial charge in [-0.2, -0.15) is 0 Å². The molecule has 0 spiro atoms. The van der Waals surface area contributed by atoms with E-state index < -0.39 is 0 Å². The summed E-state index contributed by atoms with van der Waals surface area (Å²) >= 11 is 12.6. The first-order chi connectivity index (χ1) is 15.5. The Labute approximate surface area is 197 Å². The summed E-state index contributed by atoms with van der Waals surface area (Å²) in [6.07, 6.45) is 6.30. The van der Waals surface area contributed by atoms with Gasteiger partial charge in [0.15, 0.2) is 11.5 Å². The van der Waals surface area contributed by atoms with E-state index in [9.17, 15) is 9.59 Å². The molecule has 1 aliphatic heterocycles. The predicted molar refractivity (Wildman–Crippen MR) is 125 cm³/mol. The van der Waals surface area contributed by atoms with Crippen molar-refractivity contribution in [3.63, 3.8) is 0 Å². The molecule has 2 amide bonds. The molecule has 0 atom stereocenters. The van der Waals surface area contributed by atoms with Crippen LogP contribution < -0.4 is 20.1 Å². The molecule has 0 radical (unpaired) electrons. The number of halogens is 2. The lowest BCUT2D eigenvalue weighted by atomic mass is 9.95. The van der Waals surface area contributed by atoms with Crippen molar-refractivity contribution >= 4 is 40.7 Å². The second-order valence-corrected chi connectivity index (χ2v) is 9.00. The molecular weight excluding hydrogens is 451 g/mol. The van der Waals surface area contributed by atoms with Crippen molar-refractivity contribution in [2.24, 2.45) is 0 Å². The minimum atomic E-state index is -0.239. The third-order valence-electron chi connectivity index (χ3n) is 5.66. The first-order valence-electron chi connectivity index (χ1n) is 11.0. The Morgan fingerprint density at radius 2 is 1.72 bits per heavy atom. The van der Waals surface area contributed by atoms with Gasteiger partial charge in [0.1, 0.15) is 0 Å². The van der Waals surface area contributed by atoms with Gasteiger partial charge in [-0.25, -0.2) is 0 Å². The Hall–Kier alpha value is -2.44. The van der Waals surface area contributed by atoms with Gasteiger partial charge in [-0.1, -0.05) is 42.5 Å². The number of fused-ring (bicyclic) bond motifs is 1. The van der Waals surface area contributed by atoms with Crippen LogP contribution in [0, 0.1) is 0 Å². The number of anilines is 1. The van der Waals surface area contributed by atoms with E-state index in [0.29, 0.717) is 51.6 Å². The van der Waals surface area contributed by atoms with Crippen LogP contribution in [0.4, 0.5) is 5.69 Å². The van der Waals surface area contributed by atoms with E-state index in [2.05, 4.69) is 10.6 Å². The van der Waals surface area contributed by atoms with Gasteiger partial charge in [0.25, 0.3) is 5.91 Å². The maximum absolute atomic E-state index is 12.7. The number of amides is 2. The molecule has 0 saturated heterocycles. The molecule has 0 aromatic heterocycles. The molecule has 2 N–H and O–H groups in total. The second-order valence-electron chi connectivity index (χ2n) is 8.18. The van der Waals surface area contributed by atoms with Crippen molar-refractivity contribution in [1.29, 1.82) is 0 Å². The standard InChI is InChI=1S/C24H26Cl2N2O4/c25-19-8-7-17(14-18(19)24(30)28-16-5-2-1-3-6-16)27-22(29)13-15-11-20(26)23-21(12-15)31-9-4-10-32-23/h7-8,11-12,14,16H,1-6,9-10,13H2,(H,27,29)(H,28,30). The molecule has 0 bridgehead atoms. The monoisotopic (exact) mass is 476 g/mol. The van der Waals surface area contributed by atoms with E-state index in [1.165, 1.54) is 6.42 Å². The van der Waals surface area contributed by atoms with Crippen LogP contribution >= 0.6 is 23.2 Å². The highest BCUT2D eigenvalue weighted by atomic mass is 35.5. The first-order valence-corrected chi connectivity index (χ1v) is 11.7. The fourth-order valence-electron chi connectivity index (χ4n) is 4.06. The summed E-state index contributed by atoms with van der Waals surface area (Å²) in [7, 11) is 0. The van der Waals surface area contributed by atoms with Crippen LogP contribution in [0.2, 0.25) is 10.0 Å². The minimum absolute atomic E-state index is 0.0998. The molecule has 1 heterocycles. The molecule has 1 saturated carbocycles. The first kappa shape index (κ1) is 22.7. The second kappa shape index (κ2) is 10.5. The highest BCUT2D eigenvalue weighted by molar-refractivity contribution is 6.34. The van der Waals surface area contributed by atoms with E-state index in [4.69, 9.17) is 32.7 Å². The maximum Gasteiger partial charge on any atom is 0.253 e. The van der Waals surface area contributed by atoms with Gasteiger partial charge >= 0.3 is 0 Å². The third kappa shape index (κ3) is 5.67. The van der Waals surface area contributed by atoms with Gasteiger partial charge in [-0.3, -0.25) is 9.59 Å². The number of carbonyl (C=O) groups excluding carboxylic acids is 2. The summed E-state index contributed by atoms with van der Waals surface area (Å²) in [5.41, 5.74) is 1.57. The molecule has 2 aromatic carbocycles. The molecule has 170 valence electrons.